The summed E-state index contributed by atoms with van der Waals surface area (Å²) in [4.78, 5) is 21.3. The van der Waals surface area contributed by atoms with E-state index in [1.807, 2.05) is 26.8 Å². The first-order valence-electron chi connectivity index (χ1n) is 12.1. The molecule has 1 aliphatic rings. The van der Waals surface area contributed by atoms with Gasteiger partial charge in [-0.25, -0.2) is 9.78 Å². The van der Waals surface area contributed by atoms with E-state index < -0.39 is 5.60 Å². The van der Waals surface area contributed by atoms with E-state index in [-0.39, 0.29) is 12.2 Å². The molecule has 0 saturated carbocycles. The monoisotopic (exact) mass is 453 g/mol. The fraction of sp³-hybridized carbons (Fsp3) is 0.556. The normalized spacial score (nSPS) is 15.5. The molecular formula is C27H39N3O3. The number of benzene rings is 1. The quantitative estimate of drug-likeness (QED) is 0.528. The molecule has 1 saturated heterocycles. The molecule has 1 aromatic heterocycles. The molecule has 2 heterocycles. The Balaban J connectivity index is 1.74. The first-order valence-corrected chi connectivity index (χ1v) is 12.1. The Morgan fingerprint density at radius 1 is 1.06 bits per heavy atom. The summed E-state index contributed by atoms with van der Waals surface area (Å²) in [5.74, 6) is 2.24. The Labute approximate surface area is 198 Å². The molecule has 0 spiro atoms. The van der Waals surface area contributed by atoms with Crippen LogP contribution in [-0.2, 0) is 4.74 Å². The van der Waals surface area contributed by atoms with Crippen LogP contribution in [0, 0.1) is 0 Å². The van der Waals surface area contributed by atoms with Gasteiger partial charge < -0.3 is 19.3 Å². The third-order valence-corrected chi connectivity index (χ3v) is 5.82. The Hall–Kier alpha value is -2.76. The van der Waals surface area contributed by atoms with Crippen molar-refractivity contribution in [2.75, 3.05) is 31.1 Å². The molecule has 1 amide bonds. The zero-order chi connectivity index (χ0) is 24.2. The number of pyridine rings is 1. The molecule has 6 nitrogen and oxygen atoms in total. The van der Waals surface area contributed by atoms with Crippen LogP contribution in [0.15, 0.2) is 36.4 Å². The fourth-order valence-corrected chi connectivity index (χ4v) is 3.77. The van der Waals surface area contributed by atoms with Crippen molar-refractivity contribution in [3.63, 3.8) is 0 Å². The maximum Gasteiger partial charge on any atom is 0.410 e. The predicted octanol–water partition coefficient (Wildman–Crippen LogP) is 6.11. The van der Waals surface area contributed by atoms with E-state index in [1.54, 1.807) is 4.90 Å². The average Bonchev–Trinajstić information content (AvgIpc) is 2.78. The van der Waals surface area contributed by atoms with E-state index in [4.69, 9.17) is 14.5 Å². The number of ether oxygens (including phenoxy) is 2. The smallest absolute Gasteiger partial charge is 0.410 e. The molecule has 180 valence electrons. The van der Waals surface area contributed by atoms with Crippen LogP contribution in [0.2, 0.25) is 0 Å². The number of hydrogen-bond acceptors (Lipinski definition) is 5. The van der Waals surface area contributed by atoms with Crippen molar-refractivity contribution in [2.24, 2.45) is 0 Å². The number of amides is 1. The van der Waals surface area contributed by atoms with Gasteiger partial charge in [-0.05, 0) is 75.9 Å². The Bertz CT molecular complexity index is 944. The SMILES string of the molecule is CCC(C)Oc1ccc(-c2cccc(N3CCN(C(=O)OC(C)(C)C)CC3)n2)cc1C(C)C. The molecular weight excluding hydrogens is 414 g/mol. The van der Waals surface area contributed by atoms with E-state index in [1.165, 1.54) is 5.56 Å². The molecule has 1 aromatic carbocycles. The zero-order valence-corrected chi connectivity index (χ0v) is 21.2. The van der Waals surface area contributed by atoms with Gasteiger partial charge in [0.15, 0.2) is 0 Å². The van der Waals surface area contributed by atoms with Crippen molar-refractivity contribution >= 4 is 11.9 Å². The molecule has 1 aliphatic heterocycles. The van der Waals surface area contributed by atoms with Crippen LogP contribution in [0.5, 0.6) is 5.75 Å². The molecule has 33 heavy (non-hydrogen) atoms. The topological polar surface area (TPSA) is 54.9 Å². The van der Waals surface area contributed by atoms with Crippen LogP contribution >= 0.6 is 0 Å². The lowest BCUT2D eigenvalue weighted by molar-refractivity contribution is 0.0240. The molecule has 2 aromatic rings. The van der Waals surface area contributed by atoms with Crippen molar-refractivity contribution in [3.05, 3.63) is 42.0 Å². The number of rotatable bonds is 6. The first-order chi connectivity index (χ1) is 15.6. The largest absolute Gasteiger partial charge is 0.490 e. The second-order valence-corrected chi connectivity index (χ2v) is 10.1. The standard InChI is InChI=1S/C27H39N3O3/c1-8-20(4)32-24-13-12-21(18-22(24)19(2)3)23-10-9-11-25(28-23)29-14-16-30(17-15-29)26(31)33-27(5,6)7/h9-13,18-20H,8,14-17H2,1-7H3. The third-order valence-electron chi connectivity index (χ3n) is 5.82. The van der Waals surface area contributed by atoms with Gasteiger partial charge in [0, 0.05) is 31.7 Å². The summed E-state index contributed by atoms with van der Waals surface area (Å²) in [5.41, 5.74) is 2.75. The molecule has 0 radical (unpaired) electrons. The number of carbonyl (C=O) groups is 1. The lowest BCUT2D eigenvalue weighted by atomic mass is 9.98. The van der Waals surface area contributed by atoms with Gasteiger partial charge in [0.25, 0.3) is 0 Å². The second-order valence-electron chi connectivity index (χ2n) is 10.1. The molecule has 1 unspecified atom stereocenters. The molecule has 0 aliphatic carbocycles. The van der Waals surface area contributed by atoms with Crippen molar-refractivity contribution in [2.45, 2.75) is 72.5 Å². The summed E-state index contributed by atoms with van der Waals surface area (Å²) < 4.78 is 11.7. The summed E-state index contributed by atoms with van der Waals surface area (Å²) >= 11 is 0. The second kappa shape index (κ2) is 10.4. The average molecular weight is 454 g/mol. The van der Waals surface area contributed by atoms with Crippen LogP contribution in [-0.4, -0.2) is 53.9 Å². The van der Waals surface area contributed by atoms with Gasteiger partial charge in [-0.3, -0.25) is 0 Å². The van der Waals surface area contributed by atoms with Crippen LogP contribution in [0.25, 0.3) is 11.3 Å². The number of anilines is 1. The molecule has 0 N–H and O–H groups in total. The van der Waals surface area contributed by atoms with Gasteiger partial charge >= 0.3 is 6.09 Å². The number of hydrogen-bond donors (Lipinski definition) is 0. The third kappa shape index (κ3) is 6.62. The highest BCUT2D eigenvalue weighted by atomic mass is 16.6. The molecule has 6 heteroatoms. The lowest BCUT2D eigenvalue weighted by Gasteiger charge is -2.36. The minimum Gasteiger partial charge on any atom is -0.490 e. The summed E-state index contributed by atoms with van der Waals surface area (Å²) in [7, 11) is 0. The van der Waals surface area contributed by atoms with E-state index in [0.29, 0.717) is 19.0 Å². The van der Waals surface area contributed by atoms with Crippen molar-refractivity contribution < 1.29 is 14.3 Å². The van der Waals surface area contributed by atoms with Gasteiger partial charge in [0.2, 0.25) is 0 Å². The minimum absolute atomic E-state index is 0.189. The van der Waals surface area contributed by atoms with Crippen molar-refractivity contribution in [1.29, 1.82) is 0 Å². The van der Waals surface area contributed by atoms with Crippen molar-refractivity contribution in [1.82, 2.24) is 9.88 Å². The Morgan fingerprint density at radius 2 is 1.76 bits per heavy atom. The zero-order valence-electron chi connectivity index (χ0n) is 21.2. The van der Waals surface area contributed by atoms with Crippen LogP contribution in [0.1, 0.15) is 66.4 Å². The van der Waals surface area contributed by atoms with E-state index in [9.17, 15) is 4.79 Å². The van der Waals surface area contributed by atoms with Gasteiger partial charge in [-0.15, -0.1) is 0 Å². The Kier molecular flexibility index (Phi) is 7.88. The Morgan fingerprint density at radius 3 is 2.36 bits per heavy atom. The number of aromatic nitrogens is 1. The van der Waals surface area contributed by atoms with Gasteiger partial charge in [-0.2, -0.15) is 0 Å². The lowest BCUT2D eigenvalue weighted by Crippen LogP contribution is -2.50. The predicted molar refractivity (Wildman–Crippen MR) is 134 cm³/mol. The first kappa shape index (κ1) is 24.9. The maximum absolute atomic E-state index is 12.4. The molecule has 3 rings (SSSR count). The maximum atomic E-state index is 12.4. The summed E-state index contributed by atoms with van der Waals surface area (Å²) in [6.07, 6.45) is 0.920. The van der Waals surface area contributed by atoms with Gasteiger partial charge in [-0.1, -0.05) is 26.8 Å². The molecule has 1 atom stereocenters. The fourth-order valence-electron chi connectivity index (χ4n) is 3.77. The summed E-state index contributed by atoms with van der Waals surface area (Å²) in [5, 5.41) is 0. The highest BCUT2D eigenvalue weighted by Gasteiger charge is 2.26. The molecule has 0 bridgehead atoms. The highest BCUT2D eigenvalue weighted by Crippen LogP contribution is 2.32. The molecule has 1 fully saturated rings. The number of carbonyl (C=O) groups excluding carboxylic acids is 1. The minimum atomic E-state index is -0.478. The van der Waals surface area contributed by atoms with Crippen molar-refractivity contribution in [3.8, 4) is 17.0 Å². The number of piperazine rings is 1. The van der Waals surface area contributed by atoms with E-state index in [0.717, 1.165) is 42.3 Å². The van der Waals surface area contributed by atoms with Crippen LogP contribution in [0.3, 0.4) is 0 Å². The number of nitrogens with zero attached hydrogens (tertiary/aromatic N) is 3. The highest BCUT2D eigenvalue weighted by molar-refractivity contribution is 5.69. The van der Waals surface area contributed by atoms with Crippen LogP contribution in [0.4, 0.5) is 10.6 Å². The summed E-state index contributed by atoms with van der Waals surface area (Å²) in [6, 6.07) is 12.5. The van der Waals surface area contributed by atoms with E-state index >= 15 is 0 Å². The van der Waals surface area contributed by atoms with Gasteiger partial charge in [0.1, 0.15) is 17.2 Å². The van der Waals surface area contributed by atoms with Gasteiger partial charge in [0.05, 0.1) is 11.8 Å². The summed E-state index contributed by atoms with van der Waals surface area (Å²) in [6.45, 7) is 17.0. The van der Waals surface area contributed by atoms with E-state index in [2.05, 4.69) is 62.9 Å². The van der Waals surface area contributed by atoms with Crippen LogP contribution < -0.4 is 9.64 Å².